The van der Waals surface area contributed by atoms with E-state index in [0.717, 1.165) is 54.3 Å². The van der Waals surface area contributed by atoms with Crippen LogP contribution in [0.5, 0.6) is 5.75 Å². The summed E-state index contributed by atoms with van der Waals surface area (Å²) in [7, 11) is 0. The maximum absolute atomic E-state index is 5.85. The monoisotopic (exact) mass is 350 g/mol. The molecule has 0 fully saturated rings. The summed E-state index contributed by atoms with van der Waals surface area (Å²) in [5, 5.41) is 7.45. The molecule has 1 N–H and O–H groups in total. The molecule has 4 heteroatoms. The highest BCUT2D eigenvalue weighted by Crippen LogP contribution is 2.27. The molecule has 26 heavy (non-hydrogen) atoms. The molecule has 0 aliphatic rings. The number of aromatic nitrogens is 1. The fraction of sp³-hybridized carbons (Fsp3) is 0.318. The quantitative estimate of drug-likeness (QED) is 0.565. The maximum Gasteiger partial charge on any atom is 0.170 e. The molecule has 1 heterocycles. The lowest BCUT2D eigenvalue weighted by Gasteiger charge is -2.07. The number of hydrogen-bond donors (Lipinski definition) is 1. The minimum Gasteiger partial charge on any atom is -0.494 e. The zero-order valence-corrected chi connectivity index (χ0v) is 15.5. The first kappa shape index (κ1) is 18.2. The predicted octanol–water partition coefficient (Wildman–Crippen LogP) is 4.77. The molecule has 2 aromatic carbocycles. The highest BCUT2D eigenvalue weighted by molar-refractivity contribution is 5.62. The van der Waals surface area contributed by atoms with Gasteiger partial charge >= 0.3 is 0 Å². The van der Waals surface area contributed by atoms with E-state index in [0.29, 0.717) is 6.61 Å². The lowest BCUT2D eigenvalue weighted by atomic mass is 10.1. The second-order valence-corrected chi connectivity index (χ2v) is 6.33. The van der Waals surface area contributed by atoms with Gasteiger partial charge in [-0.15, -0.1) is 0 Å². The largest absolute Gasteiger partial charge is 0.494 e. The van der Waals surface area contributed by atoms with Crippen LogP contribution in [0.4, 0.5) is 0 Å². The number of aryl methyl sites for hydroxylation is 1. The first-order valence-corrected chi connectivity index (χ1v) is 9.21. The van der Waals surface area contributed by atoms with Gasteiger partial charge in [0.1, 0.15) is 11.4 Å². The highest BCUT2D eigenvalue weighted by atomic mass is 16.5. The predicted molar refractivity (Wildman–Crippen MR) is 104 cm³/mol. The highest BCUT2D eigenvalue weighted by Gasteiger charge is 2.13. The van der Waals surface area contributed by atoms with E-state index < -0.39 is 0 Å². The van der Waals surface area contributed by atoms with Crippen molar-refractivity contribution in [2.24, 2.45) is 0 Å². The molecule has 0 aliphatic carbocycles. The van der Waals surface area contributed by atoms with Crippen LogP contribution >= 0.6 is 0 Å². The van der Waals surface area contributed by atoms with Crippen LogP contribution in [0.15, 0.2) is 59.1 Å². The Labute approximate surface area is 155 Å². The Morgan fingerprint density at radius 2 is 1.81 bits per heavy atom. The normalized spacial score (nSPS) is 10.8. The van der Waals surface area contributed by atoms with Crippen molar-refractivity contribution in [3.63, 3.8) is 0 Å². The van der Waals surface area contributed by atoms with Gasteiger partial charge in [-0.2, -0.15) is 0 Å². The molecule has 1 aromatic heterocycles. The van der Waals surface area contributed by atoms with Crippen molar-refractivity contribution >= 4 is 0 Å². The van der Waals surface area contributed by atoms with Crippen LogP contribution in [0.1, 0.15) is 30.2 Å². The van der Waals surface area contributed by atoms with Gasteiger partial charge in [-0.05, 0) is 56.1 Å². The van der Waals surface area contributed by atoms with Crippen molar-refractivity contribution in [2.45, 2.75) is 33.2 Å². The molecule has 0 aliphatic heterocycles. The second-order valence-electron chi connectivity index (χ2n) is 6.33. The molecule has 0 saturated carbocycles. The third-order valence-electron chi connectivity index (χ3n) is 4.40. The van der Waals surface area contributed by atoms with Crippen LogP contribution < -0.4 is 10.1 Å². The lowest BCUT2D eigenvalue weighted by molar-refractivity contribution is 0.311. The number of nitrogens with one attached hydrogen (secondary N) is 1. The SMILES string of the molecule is CCNCc1noc(-c2ccc(OCCCc3ccccc3)cc2)c1C. The van der Waals surface area contributed by atoms with Crippen LogP contribution in [-0.4, -0.2) is 18.3 Å². The van der Waals surface area contributed by atoms with Gasteiger partial charge in [0.25, 0.3) is 0 Å². The molecule has 0 bridgehead atoms. The summed E-state index contributed by atoms with van der Waals surface area (Å²) in [6.07, 6.45) is 2.03. The zero-order chi connectivity index (χ0) is 18.2. The molecule has 3 rings (SSSR count). The molecule has 4 nitrogen and oxygen atoms in total. The van der Waals surface area contributed by atoms with E-state index in [9.17, 15) is 0 Å². The van der Waals surface area contributed by atoms with Crippen LogP contribution in [0.2, 0.25) is 0 Å². The molecule has 136 valence electrons. The fourth-order valence-electron chi connectivity index (χ4n) is 2.86. The van der Waals surface area contributed by atoms with Gasteiger partial charge in [0.15, 0.2) is 5.76 Å². The minimum atomic E-state index is 0.711. The van der Waals surface area contributed by atoms with Crippen LogP contribution in [0.3, 0.4) is 0 Å². The minimum absolute atomic E-state index is 0.711. The average Bonchev–Trinajstić information content (AvgIpc) is 3.05. The van der Waals surface area contributed by atoms with Crippen LogP contribution in [-0.2, 0) is 13.0 Å². The first-order chi connectivity index (χ1) is 12.8. The maximum atomic E-state index is 5.85. The summed E-state index contributed by atoms with van der Waals surface area (Å²) in [6, 6.07) is 18.5. The molecular formula is C22H26N2O2. The van der Waals surface area contributed by atoms with Gasteiger partial charge in [-0.25, -0.2) is 0 Å². The summed E-state index contributed by atoms with van der Waals surface area (Å²) >= 11 is 0. The van der Waals surface area contributed by atoms with Crippen molar-refractivity contribution in [3.05, 3.63) is 71.4 Å². The Balaban J connectivity index is 1.53. The van der Waals surface area contributed by atoms with Crippen LogP contribution in [0, 0.1) is 6.92 Å². The van der Waals surface area contributed by atoms with Gasteiger partial charge in [0, 0.05) is 17.7 Å². The van der Waals surface area contributed by atoms with Crippen molar-refractivity contribution < 1.29 is 9.26 Å². The summed E-state index contributed by atoms with van der Waals surface area (Å²) < 4.78 is 11.4. The van der Waals surface area contributed by atoms with E-state index in [1.54, 1.807) is 0 Å². The van der Waals surface area contributed by atoms with E-state index in [1.165, 1.54) is 5.56 Å². The first-order valence-electron chi connectivity index (χ1n) is 9.21. The Morgan fingerprint density at radius 3 is 2.54 bits per heavy atom. The molecule has 0 atom stereocenters. The molecule has 0 radical (unpaired) electrons. The van der Waals surface area contributed by atoms with Gasteiger partial charge in [0.05, 0.1) is 6.61 Å². The summed E-state index contributed by atoms with van der Waals surface area (Å²) in [6.45, 7) is 6.48. The Kier molecular flexibility index (Phi) is 6.45. The van der Waals surface area contributed by atoms with E-state index in [1.807, 2.05) is 37.3 Å². The standard InChI is InChI=1S/C22H26N2O2/c1-3-23-16-21-17(2)22(26-24-21)19-11-13-20(14-12-19)25-15-7-10-18-8-5-4-6-9-18/h4-6,8-9,11-14,23H,3,7,10,15-16H2,1-2H3. The summed E-state index contributed by atoms with van der Waals surface area (Å²) in [4.78, 5) is 0. The lowest BCUT2D eigenvalue weighted by Crippen LogP contribution is -2.12. The van der Waals surface area contributed by atoms with Crippen molar-refractivity contribution in [1.82, 2.24) is 10.5 Å². The molecule has 3 aromatic rings. The van der Waals surface area contributed by atoms with Crippen molar-refractivity contribution in [3.8, 4) is 17.1 Å². The third-order valence-corrected chi connectivity index (χ3v) is 4.40. The zero-order valence-electron chi connectivity index (χ0n) is 15.5. The molecule has 0 amide bonds. The molecule has 0 spiro atoms. The topological polar surface area (TPSA) is 47.3 Å². The van der Waals surface area contributed by atoms with E-state index in [-0.39, 0.29) is 0 Å². The molecule has 0 unspecified atom stereocenters. The van der Waals surface area contributed by atoms with E-state index >= 15 is 0 Å². The van der Waals surface area contributed by atoms with Crippen molar-refractivity contribution in [2.75, 3.05) is 13.2 Å². The van der Waals surface area contributed by atoms with Gasteiger partial charge in [-0.1, -0.05) is 42.4 Å². The fourth-order valence-corrected chi connectivity index (χ4v) is 2.86. The number of benzene rings is 2. The Morgan fingerprint density at radius 1 is 1.04 bits per heavy atom. The smallest absolute Gasteiger partial charge is 0.170 e. The number of hydrogen-bond acceptors (Lipinski definition) is 4. The summed E-state index contributed by atoms with van der Waals surface area (Å²) in [5.41, 5.74) is 4.42. The summed E-state index contributed by atoms with van der Waals surface area (Å²) in [5.74, 6) is 1.71. The van der Waals surface area contributed by atoms with Gasteiger partial charge in [0.2, 0.25) is 0 Å². The molecular weight excluding hydrogens is 324 g/mol. The second kappa shape index (κ2) is 9.20. The van der Waals surface area contributed by atoms with Gasteiger partial charge < -0.3 is 14.6 Å². The Hall–Kier alpha value is -2.59. The number of rotatable bonds is 9. The van der Waals surface area contributed by atoms with Gasteiger partial charge in [-0.3, -0.25) is 0 Å². The number of nitrogens with zero attached hydrogens (tertiary/aromatic N) is 1. The Bertz CT molecular complexity index is 795. The number of ether oxygens (including phenoxy) is 1. The van der Waals surface area contributed by atoms with Crippen molar-refractivity contribution in [1.29, 1.82) is 0 Å². The molecule has 0 saturated heterocycles. The van der Waals surface area contributed by atoms with E-state index in [4.69, 9.17) is 9.26 Å². The third kappa shape index (κ3) is 4.73. The van der Waals surface area contributed by atoms with Crippen LogP contribution in [0.25, 0.3) is 11.3 Å². The average molecular weight is 350 g/mol. The van der Waals surface area contributed by atoms with E-state index in [2.05, 4.69) is 41.7 Å².